The van der Waals surface area contributed by atoms with Crippen molar-refractivity contribution in [3.63, 3.8) is 0 Å². The van der Waals surface area contributed by atoms with E-state index >= 15 is 0 Å². The van der Waals surface area contributed by atoms with Crippen LogP contribution in [-0.4, -0.2) is 52.0 Å². The molecule has 0 aliphatic carbocycles. The van der Waals surface area contributed by atoms with E-state index < -0.39 is 0 Å². The summed E-state index contributed by atoms with van der Waals surface area (Å²) in [4.78, 5) is 4.33. The van der Waals surface area contributed by atoms with Crippen molar-refractivity contribution in [1.82, 2.24) is 10.6 Å². The topological polar surface area (TPSA) is 54.9 Å². The van der Waals surface area contributed by atoms with Gasteiger partial charge >= 0.3 is 0 Å². The lowest BCUT2D eigenvalue weighted by Crippen LogP contribution is -2.40. The van der Waals surface area contributed by atoms with Gasteiger partial charge in [-0.1, -0.05) is 41.4 Å². The van der Waals surface area contributed by atoms with Crippen molar-refractivity contribution in [2.75, 3.05) is 40.0 Å². The second-order valence-corrected chi connectivity index (χ2v) is 7.94. The fourth-order valence-electron chi connectivity index (χ4n) is 3.19. The summed E-state index contributed by atoms with van der Waals surface area (Å²) in [5.41, 5.74) is 1.37. The van der Waals surface area contributed by atoms with E-state index in [1.54, 1.807) is 0 Å². The van der Waals surface area contributed by atoms with Gasteiger partial charge in [0.1, 0.15) is 0 Å². The molecule has 2 rings (SSSR count). The molecule has 0 saturated carbocycles. The number of hydrogen-bond donors (Lipinski definition) is 2. The molecule has 0 aromatic heterocycles. The van der Waals surface area contributed by atoms with Gasteiger partial charge in [-0.2, -0.15) is 0 Å². The molecule has 5 nitrogen and oxygen atoms in total. The Morgan fingerprint density at radius 1 is 1.32 bits per heavy atom. The van der Waals surface area contributed by atoms with E-state index in [1.807, 2.05) is 7.05 Å². The number of nitrogens with one attached hydrogen (secondary N) is 2. The zero-order valence-corrected chi connectivity index (χ0v) is 21.0. The summed E-state index contributed by atoms with van der Waals surface area (Å²) in [5.74, 6) is 1.45. The van der Waals surface area contributed by atoms with Crippen LogP contribution in [0.2, 0.25) is 0 Å². The minimum atomic E-state index is 0. The van der Waals surface area contributed by atoms with Crippen molar-refractivity contribution >= 4 is 45.9 Å². The van der Waals surface area contributed by atoms with Gasteiger partial charge in [0, 0.05) is 44.4 Å². The van der Waals surface area contributed by atoms with Crippen LogP contribution < -0.4 is 10.6 Å². The first-order valence-corrected chi connectivity index (χ1v) is 10.9. The lowest BCUT2D eigenvalue weighted by Gasteiger charge is -2.22. The molecule has 1 aliphatic heterocycles. The quantitative estimate of drug-likeness (QED) is 0.191. The van der Waals surface area contributed by atoms with Gasteiger partial charge in [-0.3, -0.25) is 4.99 Å². The molecule has 160 valence electrons. The third-order valence-corrected chi connectivity index (χ3v) is 5.40. The number of halogens is 2. The maximum absolute atomic E-state index is 5.91. The third kappa shape index (κ3) is 10.4. The van der Waals surface area contributed by atoms with Crippen LogP contribution in [0.5, 0.6) is 0 Å². The van der Waals surface area contributed by atoms with Gasteiger partial charge < -0.3 is 20.1 Å². The van der Waals surface area contributed by atoms with Crippen LogP contribution in [0.15, 0.2) is 33.7 Å². The molecule has 2 N–H and O–H groups in total. The highest BCUT2D eigenvalue weighted by atomic mass is 127. The van der Waals surface area contributed by atoms with E-state index in [0.717, 1.165) is 75.4 Å². The molecule has 1 saturated heterocycles. The zero-order valence-electron chi connectivity index (χ0n) is 17.1. The van der Waals surface area contributed by atoms with Crippen molar-refractivity contribution < 1.29 is 9.47 Å². The average Bonchev–Trinajstić information content (AvgIpc) is 2.69. The van der Waals surface area contributed by atoms with Crippen LogP contribution in [0.1, 0.15) is 38.2 Å². The molecule has 0 amide bonds. The van der Waals surface area contributed by atoms with E-state index in [9.17, 15) is 0 Å². The summed E-state index contributed by atoms with van der Waals surface area (Å²) in [6, 6.07) is 8.57. The smallest absolute Gasteiger partial charge is 0.190 e. The SMILES string of the molecule is CCC(CNC(=NC)NCCCOC1CCOCC1)Cc1cccc(Br)c1.I. The molecule has 1 aliphatic rings. The van der Waals surface area contributed by atoms with Crippen LogP contribution in [-0.2, 0) is 15.9 Å². The van der Waals surface area contributed by atoms with Crippen molar-refractivity contribution in [3.05, 3.63) is 34.3 Å². The number of nitrogens with zero attached hydrogens (tertiary/aromatic N) is 1. The molecule has 1 heterocycles. The van der Waals surface area contributed by atoms with Crippen molar-refractivity contribution in [2.45, 2.75) is 45.1 Å². The van der Waals surface area contributed by atoms with Gasteiger partial charge in [-0.05, 0) is 49.3 Å². The summed E-state index contributed by atoms with van der Waals surface area (Å²) in [6.07, 6.45) is 5.60. The molecule has 0 radical (unpaired) electrons. The van der Waals surface area contributed by atoms with Gasteiger partial charge in [-0.25, -0.2) is 0 Å². The number of ether oxygens (including phenoxy) is 2. The fraction of sp³-hybridized carbons (Fsp3) is 0.667. The van der Waals surface area contributed by atoms with Gasteiger partial charge in [0.2, 0.25) is 0 Å². The normalized spacial score (nSPS) is 16.3. The number of rotatable bonds is 10. The molecule has 0 spiro atoms. The summed E-state index contributed by atoms with van der Waals surface area (Å²) in [7, 11) is 1.82. The monoisotopic (exact) mass is 567 g/mol. The molecule has 7 heteroatoms. The summed E-state index contributed by atoms with van der Waals surface area (Å²) < 4.78 is 12.4. The van der Waals surface area contributed by atoms with Crippen LogP contribution >= 0.6 is 39.9 Å². The Balaban J connectivity index is 0.00000392. The molecule has 1 fully saturated rings. The van der Waals surface area contributed by atoms with E-state index in [1.165, 1.54) is 5.56 Å². The highest BCUT2D eigenvalue weighted by Crippen LogP contribution is 2.16. The predicted octanol–water partition coefficient (Wildman–Crippen LogP) is 4.39. The minimum absolute atomic E-state index is 0. The Morgan fingerprint density at radius 2 is 2.11 bits per heavy atom. The maximum Gasteiger partial charge on any atom is 0.190 e. The van der Waals surface area contributed by atoms with Crippen LogP contribution in [0, 0.1) is 5.92 Å². The lowest BCUT2D eigenvalue weighted by molar-refractivity contribution is -0.0320. The molecule has 1 atom stereocenters. The summed E-state index contributed by atoms with van der Waals surface area (Å²) in [6.45, 7) is 6.48. The minimum Gasteiger partial charge on any atom is -0.381 e. The van der Waals surface area contributed by atoms with Crippen molar-refractivity contribution in [3.8, 4) is 0 Å². The number of hydrogen-bond acceptors (Lipinski definition) is 3. The predicted molar refractivity (Wildman–Crippen MR) is 131 cm³/mol. The van der Waals surface area contributed by atoms with Gasteiger partial charge in [-0.15, -0.1) is 24.0 Å². The summed E-state index contributed by atoms with van der Waals surface area (Å²) >= 11 is 3.55. The van der Waals surface area contributed by atoms with Crippen molar-refractivity contribution in [2.24, 2.45) is 10.9 Å². The Bertz CT molecular complexity index is 568. The summed E-state index contributed by atoms with van der Waals surface area (Å²) in [5, 5.41) is 6.85. The number of benzene rings is 1. The van der Waals surface area contributed by atoms with E-state index in [-0.39, 0.29) is 24.0 Å². The molecule has 1 unspecified atom stereocenters. The largest absolute Gasteiger partial charge is 0.381 e. The van der Waals surface area contributed by atoms with E-state index in [2.05, 4.69) is 62.7 Å². The van der Waals surface area contributed by atoms with Crippen LogP contribution in [0.3, 0.4) is 0 Å². The molecular weight excluding hydrogens is 533 g/mol. The first kappa shape index (κ1) is 25.7. The average molecular weight is 568 g/mol. The Morgan fingerprint density at radius 3 is 2.79 bits per heavy atom. The maximum atomic E-state index is 5.91. The number of aliphatic imine (C=N–C) groups is 1. The highest BCUT2D eigenvalue weighted by molar-refractivity contribution is 14.0. The molecule has 28 heavy (non-hydrogen) atoms. The standard InChI is InChI=1S/C21H34BrN3O2.HI/c1-3-17(14-18-6-4-7-19(22)15-18)16-25-21(23-2)24-10-5-11-27-20-8-12-26-13-9-20;/h4,6-7,15,17,20H,3,5,8-14,16H2,1-2H3,(H2,23,24,25);1H. The zero-order chi connectivity index (χ0) is 19.3. The second kappa shape index (κ2) is 15.5. The Labute approximate surface area is 195 Å². The van der Waals surface area contributed by atoms with Crippen LogP contribution in [0.4, 0.5) is 0 Å². The van der Waals surface area contributed by atoms with E-state index in [0.29, 0.717) is 12.0 Å². The Hall–Kier alpha value is -0.380. The number of guanidine groups is 1. The molecule has 1 aromatic rings. The third-order valence-electron chi connectivity index (χ3n) is 4.91. The van der Waals surface area contributed by atoms with Gasteiger partial charge in [0.05, 0.1) is 6.10 Å². The first-order chi connectivity index (χ1) is 13.2. The Kier molecular flexibility index (Phi) is 14.2. The van der Waals surface area contributed by atoms with Gasteiger partial charge in [0.15, 0.2) is 5.96 Å². The fourth-order valence-corrected chi connectivity index (χ4v) is 3.64. The van der Waals surface area contributed by atoms with Gasteiger partial charge in [0.25, 0.3) is 0 Å². The molecule has 0 bridgehead atoms. The lowest BCUT2D eigenvalue weighted by atomic mass is 9.97. The first-order valence-electron chi connectivity index (χ1n) is 10.1. The highest BCUT2D eigenvalue weighted by Gasteiger charge is 2.13. The van der Waals surface area contributed by atoms with E-state index in [4.69, 9.17) is 9.47 Å². The van der Waals surface area contributed by atoms with Crippen molar-refractivity contribution in [1.29, 1.82) is 0 Å². The van der Waals surface area contributed by atoms with Crippen LogP contribution in [0.25, 0.3) is 0 Å². The molecular formula is C21H35BrIN3O2. The second-order valence-electron chi connectivity index (χ2n) is 7.02. The molecule has 1 aromatic carbocycles.